The summed E-state index contributed by atoms with van der Waals surface area (Å²) in [6, 6.07) is 13.7. The van der Waals surface area contributed by atoms with Gasteiger partial charge < -0.3 is 15.0 Å². The van der Waals surface area contributed by atoms with Gasteiger partial charge in [-0.25, -0.2) is 4.39 Å². The van der Waals surface area contributed by atoms with Crippen LogP contribution in [-0.4, -0.2) is 20.6 Å². The fourth-order valence-corrected chi connectivity index (χ4v) is 3.06. The van der Waals surface area contributed by atoms with Gasteiger partial charge in [-0.3, -0.25) is 9.78 Å². The van der Waals surface area contributed by atoms with Crippen molar-refractivity contribution in [2.75, 3.05) is 5.32 Å². The van der Waals surface area contributed by atoms with Gasteiger partial charge in [0.1, 0.15) is 11.6 Å². The molecular weight excluding hydrogens is 345 g/mol. The molecule has 0 saturated heterocycles. The lowest BCUT2D eigenvalue weighted by Crippen LogP contribution is -2.20. The number of aromatic nitrogens is 2. The van der Waals surface area contributed by atoms with Gasteiger partial charge >= 0.3 is 0 Å². The third-order valence-corrected chi connectivity index (χ3v) is 4.83. The lowest BCUT2D eigenvalue weighted by Gasteiger charge is -2.24. The molecule has 2 atom stereocenters. The highest BCUT2D eigenvalue weighted by Gasteiger charge is 2.20. The molecule has 3 rings (SSSR count). The van der Waals surface area contributed by atoms with Gasteiger partial charge in [-0.2, -0.15) is 0 Å². The number of nitrogens with one attached hydrogen (secondary N) is 1. The van der Waals surface area contributed by atoms with Gasteiger partial charge in [0, 0.05) is 29.4 Å². The second kappa shape index (κ2) is 8.14. The lowest BCUT2D eigenvalue weighted by atomic mass is 9.99. The maximum Gasteiger partial charge on any atom is 0.257 e. The van der Waals surface area contributed by atoms with Crippen molar-refractivity contribution in [1.82, 2.24) is 9.55 Å². The van der Waals surface area contributed by atoms with Gasteiger partial charge in [0.05, 0.1) is 12.8 Å². The molecule has 1 amide bonds. The molecule has 2 aromatic heterocycles. The number of rotatable bonds is 6. The van der Waals surface area contributed by atoms with Gasteiger partial charge in [0.15, 0.2) is 0 Å². The number of anilines is 1. The van der Waals surface area contributed by atoms with Crippen LogP contribution in [0.2, 0.25) is 0 Å². The molecule has 0 aliphatic heterocycles. The summed E-state index contributed by atoms with van der Waals surface area (Å²) in [6.07, 6.45) is 3.10. The van der Waals surface area contributed by atoms with E-state index in [1.54, 1.807) is 30.3 Å². The smallest absolute Gasteiger partial charge is 0.257 e. The van der Waals surface area contributed by atoms with Crippen molar-refractivity contribution in [1.29, 1.82) is 0 Å². The van der Waals surface area contributed by atoms with E-state index in [0.29, 0.717) is 16.9 Å². The van der Waals surface area contributed by atoms with Crippen LogP contribution in [-0.2, 0) is 6.61 Å². The van der Waals surface area contributed by atoms with Gasteiger partial charge in [0.25, 0.3) is 5.91 Å². The highest BCUT2D eigenvalue weighted by Crippen LogP contribution is 2.30. The predicted molar refractivity (Wildman–Crippen MR) is 102 cm³/mol. The lowest BCUT2D eigenvalue weighted by molar-refractivity contribution is 0.102. The van der Waals surface area contributed by atoms with Crippen molar-refractivity contribution in [3.8, 4) is 0 Å². The number of aliphatic hydroxyl groups is 1. The fraction of sp³-hybridized carbons (Fsp3) is 0.238. The third-order valence-electron chi connectivity index (χ3n) is 4.83. The van der Waals surface area contributed by atoms with Crippen LogP contribution in [0.1, 0.15) is 47.4 Å². The first-order chi connectivity index (χ1) is 13.0. The number of hydrogen-bond acceptors (Lipinski definition) is 3. The van der Waals surface area contributed by atoms with Crippen LogP contribution in [0.15, 0.2) is 60.9 Å². The number of aliphatic hydroxyl groups excluding tert-OH is 1. The quantitative estimate of drug-likeness (QED) is 0.688. The summed E-state index contributed by atoms with van der Waals surface area (Å²) < 4.78 is 15.1. The molecule has 0 aliphatic carbocycles. The zero-order valence-corrected chi connectivity index (χ0v) is 15.3. The van der Waals surface area contributed by atoms with Crippen molar-refractivity contribution in [3.63, 3.8) is 0 Å². The van der Waals surface area contributed by atoms with Crippen LogP contribution in [0.25, 0.3) is 0 Å². The molecular formula is C21H22FN3O2. The summed E-state index contributed by atoms with van der Waals surface area (Å²) in [7, 11) is 0. The maximum absolute atomic E-state index is 13.1. The van der Waals surface area contributed by atoms with Gasteiger partial charge in [0.2, 0.25) is 0 Å². The molecule has 1 aromatic carbocycles. The fourth-order valence-electron chi connectivity index (χ4n) is 3.06. The van der Waals surface area contributed by atoms with E-state index in [1.165, 1.54) is 12.3 Å². The third kappa shape index (κ3) is 4.06. The molecule has 0 fully saturated rings. The van der Waals surface area contributed by atoms with E-state index in [4.69, 9.17) is 0 Å². The second-order valence-electron chi connectivity index (χ2n) is 6.50. The van der Waals surface area contributed by atoms with Gasteiger partial charge in [-0.05, 0) is 42.8 Å². The summed E-state index contributed by atoms with van der Waals surface area (Å²) in [4.78, 5) is 16.8. The normalized spacial score (nSPS) is 13.2. The minimum Gasteiger partial charge on any atom is -0.392 e. The molecule has 5 nitrogen and oxygen atoms in total. The highest BCUT2D eigenvalue weighted by molar-refractivity contribution is 6.04. The first-order valence-corrected chi connectivity index (χ1v) is 8.79. The Labute approximate surface area is 157 Å². The summed E-state index contributed by atoms with van der Waals surface area (Å²) in [5.41, 5.74) is 1.79. The molecule has 0 aliphatic rings. The Morgan fingerprint density at radius 2 is 1.96 bits per heavy atom. The molecule has 2 heterocycles. The van der Waals surface area contributed by atoms with E-state index >= 15 is 0 Å². The predicted octanol–water partition coefficient (Wildman–Crippen LogP) is 4.13. The first kappa shape index (κ1) is 18.8. The van der Waals surface area contributed by atoms with E-state index in [0.717, 1.165) is 5.69 Å². The van der Waals surface area contributed by atoms with Crippen LogP contribution in [0.3, 0.4) is 0 Å². The number of nitrogens with zero attached hydrogens (tertiary/aromatic N) is 2. The Balaban J connectivity index is 1.81. The van der Waals surface area contributed by atoms with E-state index < -0.39 is 0 Å². The van der Waals surface area contributed by atoms with E-state index in [-0.39, 0.29) is 30.3 Å². The molecule has 27 heavy (non-hydrogen) atoms. The molecule has 3 aromatic rings. The number of halogens is 1. The standard InChI is InChI=1S/C21H22FN3O2/c1-14(19-10-9-17(22)12-23-19)15(2)25-11-5-8-20(25)24-21(27)18-7-4-3-6-16(18)13-26/h3-12,14-15,26H,13H2,1-2H3,(H,24,27)/t14-,15?/m1/s1. The van der Waals surface area contributed by atoms with Crippen LogP contribution < -0.4 is 5.32 Å². The molecule has 6 heteroatoms. The molecule has 0 radical (unpaired) electrons. The number of hydrogen-bond donors (Lipinski definition) is 2. The SMILES string of the molecule is CC([C@@H](C)c1ccc(F)cn1)n1cccc1NC(=O)c1ccccc1CO. The highest BCUT2D eigenvalue weighted by atomic mass is 19.1. The second-order valence-corrected chi connectivity index (χ2v) is 6.50. The summed E-state index contributed by atoms with van der Waals surface area (Å²) in [5.74, 6) is 0.0158. The zero-order valence-electron chi connectivity index (χ0n) is 15.3. The van der Waals surface area contributed by atoms with E-state index in [9.17, 15) is 14.3 Å². The van der Waals surface area contributed by atoms with Crippen LogP contribution >= 0.6 is 0 Å². The molecule has 2 N–H and O–H groups in total. The van der Waals surface area contributed by atoms with Crippen molar-refractivity contribution in [3.05, 3.63) is 83.6 Å². The molecule has 0 spiro atoms. The topological polar surface area (TPSA) is 67.2 Å². The summed E-state index contributed by atoms with van der Waals surface area (Å²) in [6.45, 7) is 3.83. The largest absolute Gasteiger partial charge is 0.392 e. The van der Waals surface area contributed by atoms with E-state index in [1.807, 2.05) is 36.7 Å². The molecule has 140 valence electrons. The minimum absolute atomic E-state index is 0.0124. The van der Waals surface area contributed by atoms with Crippen molar-refractivity contribution in [2.24, 2.45) is 0 Å². The zero-order chi connectivity index (χ0) is 19.4. The molecule has 0 saturated carbocycles. The van der Waals surface area contributed by atoms with Crippen LogP contribution in [0.4, 0.5) is 10.2 Å². The Morgan fingerprint density at radius 3 is 2.67 bits per heavy atom. The van der Waals surface area contributed by atoms with Gasteiger partial charge in [-0.15, -0.1) is 0 Å². The maximum atomic E-state index is 13.1. The van der Waals surface area contributed by atoms with Gasteiger partial charge in [-0.1, -0.05) is 25.1 Å². The monoisotopic (exact) mass is 367 g/mol. The van der Waals surface area contributed by atoms with Crippen molar-refractivity contribution < 1.29 is 14.3 Å². The van der Waals surface area contributed by atoms with E-state index in [2.05, 4.69) is 10.3 Å². The van der Waals surface area contributed by atoms with Crippen LogP contribution in [0.5, 0.6) is 0 Å². The number of carbonyl (C=O) groups excluding carboxylic acids is 1. The number of amides is 1. The Morgan fingerprint density at radius 1 is 1.19 bits per heavy atom. The summed E-state index contributed by atoms with van der Waals surface area (Å²) >= 11 is 0. The molecule has 0 bridgehead atoms. The van der Waals surface area contributed by atoms with Crippen molar-refractivity contribution in [2.45, 2.75) is 32.4 Å². The minimum atomic E-state index is -0.366. The van der Waals surface area contributed by atoms with Crippen LogP contribution in [0, 0.1) is 5.82 Å². The Kier molecular flexibility index (Phi) is 5.66. The average molecular weight is 367 g/mol. The molecule has 1 unspecified atom stereocenters. The number of pyridine rings is 1. The summed E-state index contributed by atoms with van der Waals surface area (Å²) in [5, 5.41) is 12.3. The first-order valence-electron chi connectivity index (χ1n) is 8.79. The Hall–Kier alpha value is -2.99. The number of benzene rings is 1. The van der Waals surface area contributed by atoms with Crippen molar-refractivity contribution >= 4 is 11.7 Å². The number of carbonyl (C=O) groups is 1. The average Bonchev–Trinajstić information content (AvgIpc) is 3.15. The Bertz CT molecular complexity index is 921.